The van der Waals surface area contributed by atoms with Gasteiger partial charge in [0.05, 0.1) is 6.10 Å². The number of anilines is 2. The Morgan fingerprint density at radius 3 is 2.67 bits per heavy atom. The quantitative estimate of drug-likeness (QED) is 0.395. The molecule has 0 aliphatic rings. The van der Waals surface area contributed by atoms with Crippen LogP contribution in [0.3, 0.4) is 0 Å². The first-order valence-corrected chi connectivity index (χ1v) is 6.58. The van der Waals surface area contributed by atoms with Gasteiger partial charge in [0.1, 0.15) is 12.7 Å². The largest absolute Gasteiger partial charge is 0.391 e. The molecule has 114 valence electrons. The van der Waals surface area contributed by atoms with Crippen molar-refractivity contribution >= 4 is 11.9 Å². The summed E-state index contributed by atoms with van der Waals surface area (Å²) >= 11 is 0. The van der Waals surface area contributed by atoms with Gasteiger partial charge in [-0.15, -0.1) is 0 Å². The molecular formula is C11H19N9O. The van der Waals surface area contributed by atoms with Crippen molar-refractivity contribution in [1.82, 2.24) is 29.7 Å². The van der Waals surface area contributed by atoms with Crippen molar-refractivity contribution in [2.45, 2.75) is 26.4 Å². The summed E-state index contributed by atoms with van der Waals surface area (Å²) in [6, 6.07) is 0. The predicted octanol–water partition coefficient (Wildman–Crippen LogP) is -0.443. The Kier molecular flexibility index (Phi) is 4.95. The number of nitrogens with zero attached hydrogens (tertiary/aromatic N) is 6. The first-order valence-electron chi connectivity index (χ1n) is 6.58. The maximum absolute atomic E-state index is 9.86. The molecule has 0 amide bonds. The summed E-state index contributed by atoms with van der Waals surface area (Å²) in [5, 5.41) is 16.8. The Morgan fingerprint density at radius 2 is 2.05 bits per heavy atom. The summed E-state index contributed by atoms with van der Waals surface area (Å²) in [7, 11) is 0. The van der Waals surface area contributed by atoms with Crippen molar-refractivity contribution in [2.24, 2.45) is 11.8 Å². The maximum atomic E-state index is 9.86. The lowest BCUT2D eigenvalue weighted by atomic mass is 10.1. The molecule has 0 aliphatic heterocycles. The number of aromatic nitrogens is 6. The molecule has 0 fully saturated rings. The summed E-state index contributed by atoms with van der Waals surface area (Å²) in [5.41, 5.74) is 2.36. The summed E-state index contributed by atoms with van der Waals surface area (Å²) in [4.78, 5) is 16.2. The molecule has 2 rings (SSSR count). The van der Waals surface area contributed by atoms with E-state index in [1.165, 1.54) is 17.3 Å². The number of hydrogen-bond donors (Lipinski definition) is 4. The van der Waals surface area contributed by atoms with Crippen molar-refractivity contribution in [3.05, 3.63) is 12.7 Å². The van der Waals surface area contributed by atoms with E-state index < -0.39 is 6.10 Å². The average molecular weight is 293 g/mol. The van der Waals surface area contributed by atoms with Crippen molar-refractivity contribution in [3.63, 3.8) is 0 Å². The van der Waals surface area contributed by atoms with Gasteiger partial charge in [-0.2, -0.15) is 24.7 Å². The van der Waals surface area contributed by atoms with Crippen LogP contribution in [0.2, 0.25) is 0 Å². The third-order valence-electron chi connectivity index (χ3n) is 2.62. The van der Waals surface area contributed by atoms with Crippen LogP contribution >= 0.6 is 0 Å². The number of nitrogen functional groups attached to an aromatic ring is 1. The van der Waals surface area contributed by atoms with Gasteiger partial charge in [0, 0.05) is 6.54 Å². The highest BCUT2D eigenvalue weighted by molar-refractivity contribution is 5.36. The van der Waals surface area contributed by atoms with Gasteiger partial charge in [0.15, 0.2) is 0 Å². The van der Waals surface area contributed by atoms with E-state index in [4.69, 9.17) is 5.84 Å². The molecular weight excluding hydrogens is 274 g/mol. The van der Waals surface area contributed by atoms with Gasteiger partial charge in [-0.3, -0.25) is 5.43 Å². The molecule has 2 aromatic heterocycles. The highest BCUT2D eigenvalue weighted by atomic mass is 16.3. The fourth-order valence-electron chi connectivity index (χ4n) is 1.76. The normalized spacial score (nSPS) is 12.4. The highest BCUT2D eigenvalue weighted by Gasteiger charge is 2.11. The predicted molar refractivity (Wildman–Crippen MR) is 76.5 cm³/mol. The summed E-state index contributed by atoms with van der Waals surface area (Å²) in [6.07, 6.45) is 3.05. The number of hydrazine groups is 1. The number of aliphatic hydroxyl groups excluding tert-OH is 1. The maximum Gasteiger partial charge on any atom is 0.258 e. The van der Waals surface area contributed by atoms with Crippen molar-refractivity contribution in [1.29, 1.82) is 0 Å². The van der Waals surface area contributed by atoms with E-state index in [0.29, 0.717) is 24.8 Å². The van der Waals surface area contributed by atoms with Crippen LogP contribution < -0.4 is 16.6 Å². The number of nitrogens with one attached hydrogen (secondary N) is 2. The van der Waals surface area contributed by atoms with E-state index in [2.05, 4.69) is 35.8 Å². The lowest BCUT2D eigenvalue weighted by molar-refractivity contribution is 0.161. The van der Waals surface area contributed by atoms with Crippen LogP contribution in [-0.2, 0) is 0 Å². The second-order valence-electron chi connectivity index (χ2n) is 4.93. The SMILES string of the molecule is CC(C)CC(O)CNc1nc(NN)nc(-n2cncn2)n1. The molecule has 2 aromatic rings. The summed E-state index contributed by atoms with van der Waals surface area (Å²) < 4.78 is 1.39. The minimum Gasteiger partial charge on any atom is -0.391 e. The Hall–Kier alpha value is -2.33. The first kappa shape index (κ1) is 15.1. The van der Waals surface area contributed by atoms with E-state index in [-0.39, 0.29) is 11.9 Å². The summed E-state index contributed by atoms with van der Waals surface area (Å²) in [5.74, 6) is 6.51. The average Bonchev–Trinajstić information content (AvgIpc) is 2.98. The molecule has 10 heteroatoms. The fourth-order valence-corrected chi connectivity index (χ4v) is 1.76. The highest BCUT2D eigenvalue weighted by Crippen LogP contribution is 2.09. The van der Waals surface area contributed by atoms with Crippen molar-refractivity contribution in [3.8, 4) is 5.95 Å². The first-order chi connectivity index (χ1) is 10.1. The molecule has 5 N–H and O–H groups in total. The monoisotopic (exact) mass is 293 g/mol. The van der Waals surface area contributed by atoms with Crippen LogP contribution in [-0.4, -0.2) is 47.5 Å². The molecule has 2 heterocycles. The van der Waals surface area contributed by atoms with E-state index in [1.807, 2.05) is 13.8 Å². The van der Waals surface area contributed by atoms with Gasteiger partial charge in [0.25, 0.3) is 5.95 Å². The Morgan fingerprint density at radius 1 is 1.29 bits per heavy atom. The zero-order chi connectivity index (χ0) is 15.2. The van der Waals surface area contributed by atoms with Gasteiger partial charge < -0.3 is 10.4 Å². The Balaban J connectivity index is 2.10. The van der Waals surface area contributed by atoms with Gasteiger partial charge in [-0.1, -0.05) is 13.8 Å². The third-order valence-corrected chi connectivity index (χ3v) is 2.62. The molecule has 0 bridgehead atoms. The Bertz CT molecular complexity index is 557. The van der Waals surface area contributed by atoms with E-state index in [9.17, 15) is 5.11 Å². The molecule has 0 aromatic carbocycles. The third kappa shape index (κ3) is 4.33. The molecule has 0 saturated carbocycles. The van der Waals surface area contributed by atoms with Gasteiger partial charge in [0.2, 0.25) is 11.9 Å². The lowest BCUT2D eigenvalue weighted by Gasteiger charge is -2.14. The molecule has 0 aliphatic carbocycles. The second-order valence-corrected chi connectivity index (χ2v) is 4.93. The lowest BCUT2D eigenvalue weighted by Crippen LogP contribution is -2.23. The topological polar surface area (TPSA) is 140 Å². The smallest absolute Gasteiger partial charge is 0.258 e. The number of nitrogens with two attached hydrogens (primary N) is 1. The molecule has 21 heavy (non-hydrogen) atoms. The molecule has 10 nitrogen and oxygen atoms in total. The van der Waals surface area contributed by atoms with Gasteiger partial charge >= 0.3 is 0 Å². The molecule has 0 radical (unpaired) electrons. The molecule has 0 spiro atoms. The molecule has 1 unspecified atom stereocenters. The van der Waals surface area contributed by atoms with Crippen LogP contribution in [0.4, 0.5) is 11.9 Å². The number of hydrogen-bond acceptors (Lipinski definition) is 9. The van der Waals surface area contributed by atoms with E-state index in [1.54, 1.807) is 0 Å². The van der Waals surface area contributed by atoms with Crippen LogP contribution in [0.1, 0.15) is 20.3 Å². The molecule has 1 atom stereocenters. The van der Waals surface area contributed by atoms with Crippen LogP contribution in [0.5, 0.6) is 0 Å². The second kappa shape index (κ2) is 6.90. The van der Waals surface area contributed by atoms with Crippen LogP contribution in [0.15, 0.2) is 12.7 Å². The van der Waals surface area contributed by atoms with Crippen molar-refractivity contribution in [2.75, 3.05) is 17.3 Å². The fraction of sp³-hybridized carbons (Fsp3) is 0.545. The van der Waals surface area contributed by atoms with Crippen LogP contribution in [0.25, 0.3) is 5.95 Å². The van der Waals surface area contributed by atoms with E-state index >= 15 is 0 Å². The Labute approximate surface area is 121 Å². The minimum absolute atomic E-state index is 0.191. The summed E-state index contributed by atoms with van der Waals surface area (Å²) in [6.45, 7) is 4.43. The van der Waals surface area contributed by atoms with E-state index in [0.717, 1.165) is 0 Å². The standard InChI is InChI=1S/C11H19N9O/c1-7(2)3-8(21)4-14-9-16-10(19-12)18-11(17-9)20-6-13-5-15-20/h5-8,21H,3-4,12H2,1-2H3,(H2,14,16,17,18,19). The minimum atomic E-state index is -0.481. The van der Waals surface area contributed by atoms with Crippen molar-refractivity contribution < 1.29 is 5.11 Å². The number of aliphatic hydroxyl groups is 1. The zero-order valence-corrected chi connectivity index (χ0v) is 11.9. The van der Waals surface area contributed by atoms with Crippen LogP contribution in [0, 0.1) is 5.92 Å². The zero-order valence-electron chi connectivity index (χ0n) is 11.9. The van der Waals surface area contributed by atoms with Gasteiger partial charge in [-0.25, -0.2) is 10.8 Å². The molecule has 0 saturated heterocycles. The number of rotatable bonds is 7. The van der Waals surface area contributed by atoms with Gasteiger partial charge in [-0.05, 0) is 12.3 Å².